The lowest BCUT2D eigenvalue weighted by Gasteiger charge is -2.05. The Bertz CT molecular complexity index is 1130. The van der Waals surface area contributed by atoms with Crippen LogP contribution in [-0.2, 0) is 0 Å². The summed E-state index contributed by atoms with van der Waals surface area (Å²) in [4.78, 5) is 17.0. The summed E-state index contributed by atoms with van der Waals surface area (Å²) >= 11 is 5.87. The summed E-state index contributed by atoms with van der Waals surface area (Å²) < 4.78 is 5.87. The summed E-state index contributed by atoms with van der Waals surface area (Å²) in [5.41, 5.74) is 4.75. The Hall–Kier alpha value is -3.11. The number of carbonyl (C=O) groups excluding carboxylic acids is 1. The van der Waals surface area contributed by atoms with E-state index in [1.807, 2.05) is 18.2 Å². The molecule has 0 saturated heterocycles. The van der Waals surface area contributed by atoms with Crippen LogP contribution in [0.4, 0.5) is 5.69 Å². The Morgan fingerprint density at radius 1 is 1.00 bits per heavy atom. The van der Waals surface area contributed by atoms with Crippen LogP contribution in [0.2, 0.25) is 5.02 Å². The number of hydrogen-bond donors (Lipinski definition) is 1. The van der Waals surface area contributed by atoms with E-state index in [4.69, 9.17) is 16.0 Å². The zero-order chi connectivity index (χ0) is 19.7. The lowest BCUT2D eigenvalue weighted by atomic mass is 10.0. The lowest BCUT2D eigenvalue weighted by Crippen LogP contribution is -2.11. The van der Waals surface area contributed by atoms with Crippen LogP contribution in [0.5, 0.6) is 0 Å². The van der Waals surface area contributed by atoms with Gasteiger partial charge in [-0.3, -0.25) is 4.79 Å². The molecule has 5 heteroatoms. The SMILES string of the molecule is CC(C)c1ccc(-c2nc3cc(NC(=O)c4ccc(Cl)cc4)ccc3o2)cc1. The zero-order valence-electron chi connectivity index (χ0n) is 15.6. The van der Waals surface area contributed by atoms with Gasteiger partial charge in [-0.2, -0.15) is 0 Å². The van der Waals surface area contributed by atoms with Crippen molar-refractivity contribution in [1.29, 1.82) is 0 Å². The van der Waals surface area contributed by atoms with Crippen LogP contribution in [-0.4, -0.2) is 10.9 Å². The van der Waals surface area contributed by atoms with Crippen molar-refractivity contribution in [3.8, 4) is 11.5 Å². The third-order valence-corrected chi connectivity index (χ3v) is 4.83. The van der Waals surface area contributed by atoms with Gasteiger partial charge >= 0.3 is 0 Å². The smallest absolute Gasteiger partial charge is 0.255 e. The number of carbonyl (C=O) groups is 1. The molecule has 4 rings (SSSR count). The van der Waals surface area contributed by atoms with E-state index in [2.05, 4.69) is 36.3 Å². The largest absolute Gasteiger partial charge is 0.436 e. The molecule has 140 valence electrons. The van der Waals surface area contributed by atoms with Crippen molar-refractivity contribution in [3.05, 3.63) is 82.9 Å². The molecule has 28 heavy (non-hydrogen) atoms. The molecule has 0 aliphatic heterocycles. The first-order chi connectivity index (χ1) is 13.5. The standard InChI is InChI=1S/C23H19ClN2O2/c1-14(2)15-3-5-17(6-4-15)23-26-20-13-19(11-12-21(20)28-23)25-22(27)16-7-9-18(24)10-8-16/h3-14H,1-2H3,(H,25,27). The second-order valence-corrected chi connectivity index (χ2v) is 7.38. The minimum atomic E-state index is -0.205. The van der Waals surface area contributed by atoms with Gasteiger partial charge in [0.2, 0.25) is 5.89 Å². The monoisotopic (exact) mass is 390 g/mol. The molecule has 0 saturated carbocycles. The van der Waals surface area contributed by atoms with Crippen molar-refractivity contribution < 1.29 is 9.21 Å². The average molecular weight is 391 g/mol. The predicted molar refractivity (Wildman–Crippen MR) is 113 cm³/mol. The van der Waals surface area contributed by atoms with Crippen molar-refractivity contribution >= 4 is 34.3 Å². The molecular formula is C23H19ClN2O2. The van der Waals surface area contributed by atoms with Crippen LogP contribution < -0.4 is 5.32 Å². The summed E-state index contributed by atoms with van der Waals surface area (Å²) in [6, 6.07) is 20.4. The summed E-state index contributed by atoms with van der Waals surface area (Å²) in [6.07, 6.45) is 0. The van der Waals surface area contributed by atoms with Gasteiger partial charge in [-0.25, -0.2) is 4.98 Å². The van der Waals surface area contributed by atoms with E-state index in [0.717, 1.165) is 5.56 Å². The number of benzene rings is 3. The third-order valence-electron chi connectivity index (χ3n) is 4.58. The highest BCUT2D eigenvalue weighted by Crippen LogP contribution is 2.27. The number of halogens is 1. The van der Waals surface area contributed by atoms with Gasteiger partial charge < -0.3 is 9.73 Å². The molecule has 4 aromatic rings. The first-order valence-corrected chi connectivity index (χ1v) is 9.45. The first-order valence-electron chi connectivity index (χ1n) is 9.07. The van der Waals surface area contributed by atoms with Crippen molar-refractivity contribution in [2.24, 2.45) is 0 Å². The molecule has 1 heterocycles. The normalized spacial score (nSPS) is 11.1. The Morgan fingerprint density at radius 3 is 2.39 bits per heavy atom. The van der Waals surface area contributed by atoms with Gasteiger partial charge in [-0.15, -0.1) is 0 Å². The molecule has 1 N–H and O–H groups in total. The summed E-state index contributed by atoms with van der Waals surface area (Å²) in [6.45, 7) is 4.32. The molecule has 0 fully saturated rings. The van der Waals surface area contributed by atoms with Gasteiger partial charge in [0, 0.05) is 21.8 Å². The summed E-state index contributed by atoms with van der Waals surface area (Å²) in [5.74, 6) is 0.833. The second kappa shape index (κ2) is 7.49. The number of aromatic nitrogens is 1. The van der Waals surface area contributed by atoms with Gasteiger partial charge in [-0.05, 0) is 66.1 Å². The van der Waals surface area contributed by atoms with E-state index in [-0.39, 0.29) is 5.91 Å². The van der Waals surface area contributed by atoms with Crippen molar-refractivity contribution in [3.63, 3.8) is 0 Å². The van der Waals surface area contributed by atoms with Gasteiger partial charge in [-0.1, -0.05) is 37.6 Å². The fraction of sp³-hybridized carbons (Fsp3) is 0.130. The first kappa shape index (κ1) is 18.3. The van der Waals surface area contributed by atoms with Crippen LogP contribution in [0.3, 0.4) is 0 Å². The van der Waals surface area contributed by atoms with E-state index in [9.17, 15) is 4.79 Å². The Balaban J connectivity index is 1.57. The molecule has 4 nitrogen and oxygen atoms in total. The molecule has 0 unspecified atom stereocenters. The van der Waals surface area contributed by atoms with E-state index in [0.29, 0.717) is 39.2 Å². The maximum atomic E-state index is 12.4. The van der Waals surface area contributed by atoms with Gasteiger partial charge in [0.1, 0.15) is 5.52 Å². The molecule has 0 spiro atoms. The fourth-order valence-corrected chi connectivity index (χ4v) is 3.07. The number of nitrogens with zero attached hydrogens (tertiary/aromatic N) is 1. The molecule has 0 bridgehead atoms. The highest BCUT2D eigenvalue weighted by Gasteiger charge is 2.11. The zero-order valence-corrected chi connectivity index (χ0v) is 16.3. The third kappa shape index (κ3) is 3.78. The molecule has 0 aliphatic rings. The molecule has 3 aromatic carbocycles. The van der Waals surface area contributed by atoms with E-state index in [1.165, 1.54) is 5.56 Å². The highest BCUT2D eigenvalue weighted by molar-refractivity contribution is 6.30. The average Bonchev–Trinajstić information content (AvgIpc) is 3.12. The van der Waals surface area contributed by atoms with Gasteiger partial charge in [0.15, 0.2) is 5.58 Å². The van der Waals surface area contributed by atoms with Crippen LogP contribution in [0, 0.1) is 0 Å². The summed E-state index contributed by atoms with van der Waals surface area (Å²) in [7, 11) is 0. The van der Waals surface area contributed by atoms with E-state index < -0.39 is 0 Å². The number of amides is 1. The second-order valence-electron chi connectivity index (χ2n) is 6.94. The predicted octanol–water partition coefficient (Wildman–Crippen LogP) is 6.52. The van der Waals surface area contributed by atoms with Crippen LogP contribution in [0.15, 0.2) is 71.1 Å². The van der Waals surface area contributed by atoms with E-state index >= 15 is 0 Å². The van der Waals surface area contributed by atoms with Crippen molar-refractivity contribution in [1.82, 2.24) is 4.98 Å². The minimum absolute atomic E-state index is 0.205. The molecule has 1 aromatic heterocycles. The fourth-order valence-electron chi connectivity index (χ4n) is 2.94. The molecule has 0 radical (unpaired) electrons. The number of anilines is 1. The Kier molecular flexibility index (Phi) is 4.88. The van der Waals surface area contributed by atoms with Crippen molar-refractivity contribution in [2.45, 2.75) is 19.8 Å². The van der Waals surface area contributed by atoms with Gasteiger partial charge in [0.05, 0.1) is 0 Å². The van der Waals surface area contributed by atoms with Crippen molar-refractivity contribution in [2.75, 3.05) is 5.32 Å². The number of nitrogens with one attached hydrogen (secondary N) is 1. The molecule has 0 atom stereocenters. The van der Waals surface area contributed by atoms with Crippen LogP contribution in [0.25, 0.3) is 22.6 Å². The number of hydrogen-bond acceptors (Lipinski definition) is 3. The molecular weight excluding hydrogens is 372 g/mol. The van der Waals surface area contributed by atoms with Crippen LogP contribution >= 0.6 is 11.6 Å². The molecule has 1 amide bonds. The van der Waals surface area contributed by atoms with Gasteiger partial charge in [0.25, 0.3) is 5.91 Å². The van der Waals surface area contributed by atoms with Crippen LogP contribution in [0.1, 0.15) is 35.7 Å². The lowest BCUT2D eigenvalue weighted by molar-refractivity contribution is 0.102. The topological polar surface area (TPSA) is 55.1 Å². The van der Waals surface area contributed by atoms with E-state index in [1.54, 1.807) is 36.4 Å². The Morgan fingerprint density at radius 2 is 1.71 bits per heavy atom. The number of rotatable bonds is 4. The number of fused-ring (bicyclic) bond motifs is 1. The quantitative estimate of drug-likeness (QED) is 0.431. The summed E-state index contributed by atoms with van der Waals surface area (Å²) in [5, 5.41) is 3.47. The Labute approximate surface area is 168 Å². The molecule has 0 aliphatic carbocycles. The maximum Gasteiger partial charge on any atom is 0.255 e. The minimum Gasteiger partial charge on any atom is -0.436 e. The number of oxazole rings is 1. The maximum absolute atomic E-state index is 12.4. The highest BCUT2D eigenvalue weighted by atomic mass is 35.5.